The Kier molecular flexibility index (Phi) is 4.68. The molecule has 0 aliphatic carbocycles. The van der Waals surface area contributed by atoms with Gasteiger partial charge in [0.15, 0.2) is 0 Å². The number of imidazole rings is 1. The summed E-state index contributed by atoms with van der Waals surface area (Å²) in [5.74, 6) is -0.579. The second kappa shape index (κ2) is 6.78. The molecular formula is C20H22FN3O2. The van der Waals surface area contributed by atoms with Gasteiger partial charge in [-0.2, -0.15) is 0 Å². The highest BCUT2D eigenvalue weighted by Gasteiger charge is 2.24. The fourth-order valence-electron chi connectivity index (χ4n) is 3.14. The van der Waals surface area contributed by atoms with Crippen LogP contribution in [0, 0.1) is 5.82 Å². The second-order valence-corrected chi connectivity index (χ2v) is 7.06. The van der Waals surface area contributed by atoms with E-state index in [1.165, 1.54) is 15.2 Å². The van der Waals surface area contributed by atoms with Gasteiger partial charge in [-0.3, -0.25) is 13.9 Å². The zero-order valence-corrected chi connectivity index (χ0v) is 15.1. The van der Waals surface area contributed by atoms with Crippen LogP contribution in [-0.2, 0) is 23.8 Å². The molecule has 1 heterocycles. The number of amides is 1. The van der Waals surface area contributed by atoms with E-state index in [-0.39, 0.29) is 30.5 Å². The van der Waals surface area contributed by atoms with E-state index in [0.717, 1.165) is 5.52 Å². The van der Waals surface area contributed by atoms with Crippen molar-refractivity contribution in [3.8, 4) is 0 Å². The average molecular weight is 355 g/mol. The predicted molar refractivity (Wildman–Crippen MR) is 99.6 cm³/mol. The number of benzene rings is 2. The molecule has 6 heteroatoms. The van der Waals surface area contributed by atoms with E-state index in [1.807, 2.05) is 38.1 Å². The van der Waals surface area contributed by atoms with E-state index in [9.17, 15) is 14.0 Å². The summed E-state index contributed by atoms with van der Waals surface area (Å²) in [7, 11) is 1.68. The molecule has 0 spiro atoms. The molecule has 1 amide bonds. The molecular weight excluding hydrogens is 333 g/mol. The summed E-state index contributed by atoms with van der Waals surface area (Å²) in [6.07, 6.45) is 0. The molecule has 5 nitrogen and oxygen atoms in total. The number of nitrogens with one attached hydrogen (secondary N) is 1. The third-order valence-electron chi connectivity index (χ3n) is 4.68. The first-order chi connectivity index (χ1) is 12.3. The fraction of sp³-hybridized carbons (Fsp3) is 0.300. The first-order valence-electron chi connectivity index (χ1n) is 8.47. The van der Waals surface area contributed by atoms with Gasteiger partial charge in [-0.1, -0.05) is 44.2 Å². The molecule has 136 valence electrons. The minimum atomic E-state index is -0.565. The predicted octanol–water partition coefficient (Wildman–Crippen LogP) is 2.57. The Morgan fingerprint density at radius 1 is 1.08 bits per heavy atom. The average Bonchev–Trinajstić information content (AvgIpc) is 2.86. The van der Waals surface area contributed by atoms with Gasteiger partial charge < -0.3 is 5.32 Å². The van der Waals surface area contributed by atoms with E-state index in [2.05, 4.69) is 5.32 Å². The minimum Gasteiger partial charge on any atom is -0.354 e. The van der Waals surface area contributed by atoms with Crippen LogP contribution >= 0.6 is 0 Å². The van der Waals surface area contributed by atoms with Crippen molar-refractivity contribution in [1.29, 1.82) is 0 Å². The number of rotatable bonds is 5. The highest BCUT2D eigenvalue weighted by Crippen LogP contribution is 2.24. The summed E-state index contributed by atoms with van der Waals surface area (Å²) < 4.78 is 17.0. The highest BCUT2D eigenvalue weighted by atomic mass is 19.1. The topological polar surface area (TPSA) is 56.0 Å². The van der Waals surface area contributed by atoms with Crippen LogP contribution in [0.15, 0.2) is 53.3 Å². The maximum absolute atomic E-state index is 14.0. The van der Waals surface area contributed by atoms with Gasteiger partial charge in [0.25, 0.3) is 0 Å². The van der Waals surface area contributed by atoms with Crippen molar-refractivity contribution in [2.75, 3.05) is 6.54 Å². The van der Waals surface area contributed by atoms with Gasteiger partial charge in [0.05, 0.1) is 11.0 Å². The number of carbonyl (C=O) groups is 1. The summed E-state index contributed by atoms with van der Waals surface area (Å²) in [5, 5.41) is 2.82. The molecule has 0 saturated heterocycles. The molecule has 0 unspecified atom stereocenters. The number of aromatic nitrogens is 2. The SMILES string of the molecule is Cn1c(=O)n(CC(=O)NCC(C)(C)c2ccccc2F)c2ccccc21. The van der Waals surface area contributed by atoms with Crippen LogP contribution in [0.2, 0.25) is 0 Å². The molecule has 0 aliphatic heterocycles. The Hall–Kier alpha value is -2.89. The van der Waals surface area contributed by atoms with Gasteiger partial charge in [-0.05, 0) is 23.8 Å². The van der Waals surface area contributed by atoms with E-state index in [0.29, 0.717) is 11.1 Å². The maximum atomic E-state index is 14.0. The molecule has 0 bridgehead atoms. The number of fused-ring (bicyclic) bond motifs is 1. The van der Waals surface area contributed by atoms with Crippen molar-refractivity contribution in [2.24, 2.45) is 7.05 Å². The van der Waals surface area contributed by atoms with Crippen molar-refractivity contribution in [2.45, 2.75) is 25.8 Å². The molecule has 0 saturated carbocycles. The number of carbonyl (C=O) groups excluding carboxylic acids is 1. The Balaban J connectivity index is 1.75. The molecule has 26 heavy (non-hydrogen) atoms. The Morgan fingerprint density at radius 2 is 1.69 bits per heavy atom. The molecule has 0 aliphatic rings. The van der Waals surface area contributed by atoms with Crippen molar-refractivity contribution in [3.05, 3.63) is 70.4 Å². The lowest BCUT2D eigenvalue weighted by atomic mass is 9.84. The van der Waals surface area contributed by atoms with Gasteiger partial charge in [-0.25, -0.2) is 9.18 Å². The third-order valence-corrected chi connectivity index (χ3v) is 4.68. The van der Waals surface area contributed by atoms with Crippen LogP contribution in [0.25, 0.3) is 11.0 Å². The zero-order valence-electron chi connectivity index (χ0n) is 15.1. The van der Waals surface area contributed by atoms with Crippen LogP contribution in [-0.4, -0.2) is 21.6 Å². The molecule has 0 radical (unpaired) electrons. The molecule has 3 rings (SSSR count). The van der Waals surface area contributed by atoms with Gasteiger partial charge in [0.2, 0.25) is 5.91 Å². The van der Waals surface area contributed by atoms with E-state index < -0.39 is 5.41 Å². The van der Waals surface area contributed by atoms with Crippen molar-refractivity contribution in [3.63, 3.8) is 0 Å². The maximum Gasteiger partial charge on any atom is 0.329 e. The van der Waals surface area contributed by atoms with Crippen LogP contribution in [0.4, 0.5) is 4.39 Å². The van der Waals surface area contributed by atoms with E-state index in [1.54, 1.807) is 25.2 Å². The quantitative estimate of drug-likeness (QED) is 0.765. The largest absolute Gasteiger partial charge is 0.354 e. The minimum absolute atomic E-state index is 0.0759. The Labute approximate surface area is 151 Å². The molecule has 2 aromatic carbocycles. The molecule has 3 aromatic rings. The van der Waals surface area contributed by atoms with Gasteiger partial charge in [0, 0.05) is 19.0 Å². The smallest absolute Gasteiger partial charge is 0.329 e. The van der Waals surface area contributed by atoms with Crippen molar-refractivity contribution in [1.82, 2.24) is 14.5 Å². The summed E-state index contributed by atoms with van der Waals surface area (Å²) in [5.41, 5.74) is 1.22. The summed E-state index contributed by atoms with van der Waals surface area (Å²) in [4.78, 5) is 24.8. The lowest BCUT2D eigenvalue weighted by molar-refractivity contribution is -0.121. The molecule has 0 fully saturated rings. The number of para-hydroxylation sites is 2. The van der Waals surface area contributed by atoms with Crippen LogP contribution in [0.5, 0.6) is 0 Å². The Bertz CT molecular complexity index is 1020. The summed E-state index contributed by atoms with van der Waals surface area (Å²) in [6, 6.07) is 13.9. The van der Waals surface area contributed by atoms with E-state index in [4.69, 9.17) is 0 Å². The van der Waals surface area contributed by atoms with Gasteiger partial charge >= 0.3 is 5.69 Å². The summed E-state index contributed by atoms with van der Waals surface area (Å²) in [6.45, 7) is 3.94. The molecule has 1 aromatic heterocycles. The third kappa shape index (κ3) is 3.27. The lowest BCUT2D eigenvalue weighted by Gasteiger charge is -2.26. The standard InChI is InChI=1S/C20H22FN3O2/c1-20(2,14-8-4-5-9-15(14)21)13-22-18(25)12-24-17-11-7-6-10-16(17)23(3)19(24)26/h4-11H,12-13H2,1-3H3,(H,22,25). The fourth-order valence-corrected chi connectivity index (χ4v) is 3.14. The Morgan fingerprint density at radius 3 is 2.38 bits per heavy atom. The first kappa shape index (κ1) is 17.9. The second-order valence-electron chi connectivity index (χ2n) is 7.06. The lowest BCUT2D eigenvalue weighted by Crippen LogP contribution is -2.40. The number of halogens is 1. The number of nitrogens with zero attached hydrogens (tertiary/aromatic N) is 2. The van der Waals surface area contributed by atoms with Crippen molar-refractivity contribution >= 4 is 16.9 Å². The summed E-state index contributed by atoms with van der Waals surface area (Å²) >= 11 is 0. The van der Waals surface area contributed by atoms with Gasteiger partial charge in [-0.15, -0.1) is 0 Å². The highest BCUT2D eigenvalue weighted by molar-refractivity contribution is 5.80. The number of hydrogen-bond donors (Lipinski definition) is 1. The number of aryl methyl sites for hydroxylation is 1. The normalized spacial score (nSPS) is 11.7. The van der Waals surface area contributed by atoms with Crippen molar-refractivity contribution < 1.29 is 9.18 Å². The molecule has 1 N–H and O–H groups in total. The monoisotopic (exact) mass is 355 g/mol. The van der Waals surface area contributed by atoms with E-state index >= 15 is 0 Å². The van der Waals surface area contributed by atoms with Crippen LogP contribution in [0.3, 0.4) is 0 Å². The van der Waals surface area contributed by atoms with Gasteiger partial charge in [0.1, 0.15) is 12.4 Å². The van der Waals surface area contributed by atoms with Crippen LogP contribution < -0.4 is 11.0 Å². The first-order valence-corrected chi connectivity index (χ1v) is 8.47. The molecule has 0 atom stereocenters. The van der Waals surface area contributed by atoms with Crippen LogP contribution in [0.1, 0.15) is 19.4 Å². The zero-order chi connectivity index (χ0) is 18.9. The number of hydrogen-bond acceptors (Lipinski definition) is 2.